The zero-order chi connectivity index (χ0) is 22.3. The Bertz CT molecular complexity index is 1020. The standard InChI is InChI=1S/C19H23FN4O5S2/c1-28-9-2-12-31(26,27)15-5-3-14(4-6-15)17(23-24-7-10-29-11-8-24)18(25)22-19-21-13-16(20)30-19/h3-6,13H,2,7-12H2,1H3,(H,21,22,25)/b23-17+. The van der Waals surface area contributed by atoms with Crippen LogP contribution in [0.3, 0.4) is 0 Å². The Hall–Kier alpha value is -2.41. The molecule has 2 heterocycles. The van der Waals surface area contributed by atoms with E-state index in [4.69, 9.17) is 9.47 Å². The van der Waals surface area contributed by atoms with Crippen LogP contribution < -0.4 is 5.32 Å². The van der Waals surface area contributed by atoms with Gasteiger partial charge in [-0.1, -0.05) is 23.5 Å². The quantitative estimate of drug-likeness (QED) is 0.439. The molecule has 0 spiro atoms. The molecule has 0 atom stereocenters. The van der Waals surface area contributed by atoms with Gasteiger partial charge >= 0.3 is 0 Å². The van der Waals surface area contributed by atoms with E-state index < -0.39 is 20.9 Å². The van der Waals surface area contributed by atoms with E-state index in [9.17, 15) is 17.6 Å². The number of benzene rings is 1. The first-order chi connectivity index (χ1) is 14.9. The molecule has 9 nitrogen and oxygen atoms in total. The second-order valence-electron chi connectivity index (χ2n) is 6.63. The summed E-state index contributed by atoms with van der Waals surface area (Å²) in [5, 5.41) is 8.26. The summed E-state index contributed by atoms with van der Waals surface area (Å²) in [6.07, 6.45) is 1.40. The zero-order valence-electron chi connectivity index (χ0n) is 16.9. The highest BCUT2D eigenvalue weighted by Gasteiger charge is 2.21. The molecule has 2 aromatic rings. The number of hydrogen-bond donors (Lipinski definition) is 1. The molecular weight excluding hydrogens is 447 g/mol. The van der Waals surface area contributed by atoms with Crippen LogP contribution in [0.4, 0.5) is 9.52 Å². The van der Waals surface area contributed by atoms with Crippen molar-refractivity contribution in [3.63, 3.8) is 0 Å². The van der Waals surface area contributed by atoms with Gasteiger partial charge in [0, 0.05) is 19.3 Å². The molecule has 1 aromatic heterocycles. The number of nitrogens with zero attached hydrogens (tertiary/aromatic N) is 3. The van der Waals surface area contributed by atoms with Crippen LogP contribution in [0.25, 0.3) is 0 Å². The Balaban J connectivity index is 1.84. The van der Waals surface area contributed by atoms with E-state index in [1.165, 1.54) is 31.4 Å². The number of anilines is 1. The summed E-state index contributed by atoms with van der Waals surface area (Å²) < 4.78 is 48.3. The van der Waals surface area contributed by atoms with E-state index in [2.05, 4.69) is 15.4 Å². The number of ether oxygens (including phenoxy) is 2. The summed E-state index contributed by atoms with van der Waals surface area (Å²) in [5.41, 5.74) is 0.498. The lowest BCUT2D eigenvalue weighted by molar-refractivity contribution is -0.110. The Morgan fingerprint density at radius 3 is 2.65 bits per heavy atom. The first kappa shape index (κ1) is 23.3. The zero-order valence-corrected chi connectivity index (χ0v) is 18.5. The van der Waals surface area contributed by atoms with Gasteiger partial charge in [-0.15, -0.1) is 0 Å². The molecule has 0 bridgehead atoms. The fourth-order valence-electron chi connectivity index (χ4n) is 2.83. The van der Waals surface area contributed by atoms with Crippen molar-refractivity contribution in [1.82, 2.24) is 9.99 Å². The van der Waals surface area contributed by atoms with Crippen molar-refractivity contribution in [3.05, 3.63) is 41.2 Å². The van der Waals surface area contributed by atoms with Gasteiger partial charge in [-0.2, -0.15) is 9.49 Å². The lowest BCUT2D eigenvalue weighted by atomic mass is 10.1. The number of carbonyl (C=O) groups excluding carboxylic acids is 1. The maximum Gasteiger partial charge on any atom is 0.278 e. The first-order valence-electron chi connectivity index (χ1n) is 9.55. The van der Waals surface area contributed by atoms with E-state index in [-0.39, 0.29) is 21.5 Å². The molecule has 1 N–H and O–H groups in total. The van der Waals surface area contributed by atoms with Gasteiger partial charge in [0.25, 0.3) is 5.91 Å². The average molecular weight is 471 g/mol. The van der Waals surface area contributed by atoms with Crippen molar-refractivity contribution < 1.29 is 27.1 Å². The predicted octanol–water partition coefficient (Wildman–Crippen LogP) is 1.77. The molecule has 1 saturated heterocycles. The second kappa shape index (κ2) is 10.8. The van der Waals surface area contributed by atoms with Crippen molar-refractivity contribution in [1.29, 1.82) is 0 Å². The number of carbonyl (C=O) groups is 1. The van der Waals surface area contributed by atoms with Crippen molar-refractivity contribution in [2.24, 2.45) is 5.10 Å². The highest BCUT2D eigenvalue weighted by atomic mass is 32.2. The van der Waals surface area contributed by atoms with Gasteiger partial charge in [0.2, 0.25) is 0 Å². The van der Waals surface area contributed by atoms with E-state index in [1.807, 2.05) is 0 Å². The van der Waals surface area contributed by atoms with Crippen LogP contribution in [0.1, 0.15) is 12.0 Å². The van der Waals surface area contributed by atoms with Crippen molar-refractivity contribution in [2.75, 3.05) is 51.1 Å². The maximum absolute atomic E-state index is 13.2. The van der Waals surface area contributed by atoms with Crippen LogP contribution in [0.15, 0.2) is 40.5 Å². The number of aromatic nitrogens is 1. The predicted molar refractivity (Wildman–Crippen MR) is 115 cm³/mol. The molecule has 12 heteroatoms. The monoisotopic (exact) mass is 470 g/mol. The van der Waals surface area contributed by atoms with Crippen molar-refractivity contribution in [2.45, 2.75) is 11.3 Å². The molecule has 1 fully saturated rings. The molecule has 168 valence electrons. The first-order valence-corrected chi connectivity index (χ1v) is 12.0. The van der Waals surface area contributed by atoms with Crippen molar-refractivity contribution in [3.8, 4) is 0 Å². The molecule has 0 radical (unpaired) electrons. The third-order valence-electron chi connectivity index (χ3n) is 4.39. The van der Waals surface area contributed by atoms with Crippen molar-refractivity contribution >= 4 is 37.9 Å². The molecule has 0 aliphatic carbocycles. The van der Waals surface area contributed by atoms with Gasteiger partial charge in [-0.3, -0.25) is 15.1 Å². The van der Waals surface area contributed by atoms with Gasteiger partial charge in [0.1, 0.15) is 0 Å². The molecular formula is C19H23FN4O5S2. The molecule has 3 rings (SSSR count). The average Bonchev–Trinajstić information content (AvgIpc) is 3.17. The number of sulfone groups is 1. The number of hydrogen-bond acceptors (Lipinski definition) is 9. The highest BCUT2D eigenvalue weighted by molar-refractivity contribution is 7.91. The van der Waals surface area contributed by atoms with Crippen LogP contribution in [0, 0.1) is 5.13 Å². The Kier molecular flexibility index (Phi) is 8.07. The minimum atomic E-state index is -3.47. The van der Waals surface area contributed by atoms with Crippen LogP contribution in [0.2, 0.25) is 0 Å². The number of hydrazone groups is 1. The van der Waals surface area contributed by atoms with Gasteiger partial charge < -0.3 is 9.47 Å². The second-order valence-corrected chi connectivity index (χ2v) is 9.72. The van der Waals surface area contributed by atoms with Gasteiger partial charge in [-0.25, -0.2) is 13.4 Å². The normalized spacial score (nSPS) is 15.2. The summed E-state index contributed by atoms with van der Waals surface area (Å²) in [4.78, 5) is 16.8. The molecule has 1 aliphatic rings. The summed E-state index contributed by atoms with van der Waals surface area (Å²) in [6.45, 7) is 2.33. The third-order valence-corrected chi connectivity index (χ3v) is 6.91. The van der Waals surface area contributed by atoms with E-state index >= 15 is 0 Å². The number of morpholine rings is 1. The number of amides is 1. The Labute approximate surface area is 183 Å². The molecule has 1 aromatic carbocycles. The largest absolute Gasteiger partial charge is 0.385 e. The summed E-state index contributed by atoms with van der Waals surface area (Å²) in [5.74, 6) is -0.609. The highest BCUT2D eigenvalue weighted by Crippen LogP contribution is 2.18. The van der Waals surface area contributed by atoms with Gasteiger partial charge in [0.05, 0.1) is 43.1 Å². The maximum atomic E-state index is 13.2. The lowest BCUT2D eigenvalue weighted by Gasteiger charge is -2.24. The number of nitrogens with one attached hydrogen (secondary N) is 1. The number of methoxy groups -OCH3 is 1. The van der Waals surface area contributed by atoms with Crippen LogP contribution in [-0.4, -0.2) is 75.8 Å². The van der Waals surface area contributed by atoms with Gasteiger partial charge in [-0.05, 0) is 18.6 Å². The number of thiazole rings is 1. The minimum absolute atomic E-state index is 0.0367. The summed E-state index contributed by atoms with van der Waals surface area (Å²) in [7, 11) is -1.95. The third kappa shape index (κ3) is 6.53. The molecule has 0 unspecified atom stereocenters. The van der Waals surface area contributed by atoms with Crippen LogP contribution in [0.5, 0.6) is 0 Å². The summed E-state index contributed by atoms with van der Waals surface area (Å²) >= 11 is 0.702. The minimum Gasteiger partial charge on any atom is -0.385 e. The SMILES string of the molecule is COCCCS(=O)(=O)c1ccc(/C(=N\N2CCOCC2)C(=O)Nc2ncc(F)s2)cc1. The lowest BCUT2D eigenvalue weighted by Crippen LogP contribution is -2.35. The van der Waals surface area contributed by atoms with Crippen LogP contribution in [-0.2, 0) is 24.1 Å². The van der Waals surface area contributed by atoms with Crippen LogP contribution >= 0.6 is 11.3 Å². The topological polar surface area (TPSA) is 110 Å². The fourth-order valence-corrected chi connectivity index (χ4v) is 4.65. The number of rotatable bonds is 9. The molecule has 31 heavy (non-hydrogen) atoms. The smallest absolute Gasteiger partial charge is 0.278 e. The fraction of sp³-hybridized carbons (Fsp3) is 0.421. The number of halogens is 1. The summed E-state index contributed by atoms with van der Waals surface area (Å²) in [6, 6.07) is 5.96. The van der Waals surface area contributed by atoms with E-state index in [0.717, 1.165) is 6.20 Å². The Morgan fingerprint density at radius 1 is 1.32 bits per heavy atom. The molecule has 0 saturated carbocycles. The molecule has 1 amide bonds. The molecule has 1 aliphatic heterocycles. The van der Waals surface area contributed by atoms with E-state index in [0.29, 0.717) is 56.2 Å². The van der Waals surface area contributed by atoms with Gasteiger partial charge in [0.15, 0.2) is 25.8 Å². The van der Waals surface area contributed by atoms with E-state index in [1.54, 1.807) is 5.01 Å². The Morgan fingerprint density at radius 2 is 2.03 bits per heavy atom.